The summed E-state index contributed by atoms with van der Waals surface area (Å²) in [5.74, 6) is 0. The Balaban J connectivity index is 1.82. The molecule has 0 aliphatic carbocycles. The van der Waals surface area contributed by atoms with Gasteiger partial charge in [-0.2, -0.15) is 15.6 Å². The first-order valence-corrected chi connectivity index (χ1v) is 7.30. The van der Waals surface area contributed by atoms with Gasteiger partial charge in [-0.25, -0.2) is 0 Å². The predicted octanol–water partition coefficient (Wildman–Crippen LogP) is 4.23. The largest absolute Gasteiger partial charge is 0.196 e. The number of benzene rings is 1. The topological polar surface area (TPSA) is 65.4 Å². The molecule has 1 N–H and O–H groups in total. The van der Waals surface area contributed by atoms with Crippen molar-refractivity contribution >= 4 is 35.1 Å². The fourth-order valence-corrected chi connectivity index (χ4v) is 2.83. The van der Waals surface area contributed by atoms with Crippen LogP contribution in [0.5, 0.6) is 0 Å². The molecular weight excluding hydrogens is 304 g/mol. The van der Waals surface area contributed by atoms with Gasteiger partial charge in [0.15, 0.2) is 5.69 Å². The number of nitrogens with zero attached hydrogens (tertiary/aromatic N) is 3. The Hall–Kier alpha value is -2.42. The Labute approximate surface area is 130 Å². The zero-order valence-electron chi connectivity index (χ0n) is 10.7. The highest BCUT2D eigenvalue weighted by atomic mass is 35.5. The standard InChI is InChI=1S/C15H9ClN4S/c16-11-4-1-10(2-5-11)3-6-12-7-8-14(21-12)15-13(9-17)18-20-19-15/h1-8H,(H,18,19,20)/b6-3+. The summed E-state index contributed by atoms with van der Waals surface area (Å²) in [4.78, 5) is 1.99. The smallest absolute Gasteiger partial charge is 0.191 e. The van der Waals surface area contributed by atoms with E-state index in [1.54, 1.807) is 11.3 Å². The summed E-state index contributed by atoms with van der Waals surface area (Å²) in [5.41, 5.74) is 1.98. The SMILES string of the molecule is N#Cc1n[nH]nc1-c1ccc(/C=C/c2ccc(Cl)cc2)s1. The quantitative estimate of drug-likeness (QED) is 0.787. The fraction of sp³-hybridized carbons (Fsp3) is 0. The van der Waals surface area contributed by atoms with Crippen molar-refractivity contribution in [2.45, 2.75) is 0 Å². The molecule has 0 saturated heterocycles. The molecule has 0 aliphatic heterocycles. The molecule has 0 unspecified atom stereocenters. The maximum atomic E-state index is 8.96. The average molecular weight is 313 g/mol. The van der Waals surface area contributed by atoms with Crippen molar-refractivity contribution in [2.75, 3.05) is 0 Å². The van der Waals surface area contributed by atoms with E-state index in [-0.39, 0.29) is 0 Å². The highest BCUT2D eigenvalue weighted by Crippen LogP contribution is 2.29. The summed E-state index contributed by atoms with van der Waals surface area (Å²) >= 11 is 7.41. The zero-order valence-corrected chi connectivity index (χ0v) is 12.3. The number of hydrogen-bond donors (Lipinski definition) is 1. The molecule has 0 saturated carbocycles. The Morgan fingerprint density at radius 3 is 2.67 bits per heavy atom. The van der Waals surface area contributed by atoms with Crippen LogP contribution in [0.25, 0.3) is 22.7 Å². The van der Waals surface area contributed by atoms with Crippen LogP contribution in [-0.4, -0.2) is 15.4 Å². The second-order valence-corrected chi connectivity index (χ2v) is 5.77. The van der Waals surface area contributed by atoms with Crippen LogP contribution in [0.3, 0.4) is 0 Å². The van der Waals surface area contributed by atoms with Crippen LogP contribution in [0, 0.1) is 11.3 Å². The van der Waals surface area contributed by atoms with E-state index in [0.717, 1.165) is 20.3 Å². The Morgan fingerprint density at radius 2 is 1.90 bits per heavy atom. The molecule has 0 radical (unpaired) electrons. The number of rotatable bonds is 3. The Kier molecular flexibility index (Phi) is 3.82. The first-order valence-electron chi connectivity index (χ1n) is 6.11. The van der Waals surface area contributed by atoms with Crippen molar-refractivity contribution < 1.29 is 0 Å². The Morgan fingerprint density at radius 1 is 1.10 bits per heavy atom. The van der Waals surface area contributed by atoms with E-state index in [0.29, 0.717) is 11.4 Å². The predicted molar refractivity (Wildman–Crippen MR) is 84.8 cm³/mol. The zero-order chi connectivity index (χ0) is 14.7. The molecule has 1 aromatic carbocycles. The lowest BCUT2D eigenvalue weighted by molar-refractivity contribution is 0.937. The minimum atomic E-state index is 0.310. The molecule has 4 nitrogen and oxygen atoms in total. The van der Waals surface area contributed by atoms with Crippen molar-refractivity contribution in [1.82, 2.24) is 15.4 Å². The number of halogens is 1. The van der Waals surface area contributed by atoms with Crippen molar-refractivity contribution in [2.24, 2.45) is 0 Å². The number of hydrogen-bond acceptors (Lipinski definition) is 4. The molecule has 0 amide bonds. The van der Waals surface area contributed by atoms with Gasteiger partial charge in [0.2, 0.25) is 0 Å². The van der Waals surface area contributed by atoms with Gasteiger partial charge in [-0.15, -0.1) is 16.4 Å². The van der Waals surface area contributed by atoms with Gasteiger partial charge in [0.1, 0.15) is 11.8 Å². The minimum absolute atomic E-state index is 0.310. The molecule has 0 atom stereocenters. The molecule has 3 aromatic rings. The molecule has 0 aliphatic rings. The summed E-state index contributed by atoms with van der Waals surface area (Å²) < 4.78 is 0. The monoisotopic (exact) mass is 312 g/mol. The highest BCUT2D eigenvalue weighted by molar-refractivity contribution is 7.16. The van der Waals surface area contributed by atoms with Crippen LogP contribution in [0.15, 0.2) is 36.4 Å². The molecule has 6 heteroatoms. The number of aromatic nitrogens is 3. The molecule has 0 fully saturated rings. The molecule has 102 valence electrons. The lowest BCUT2D eigenvalue weighted by Gasteiger charge is -1.92. The van der Waals surface area contributed by atoms with Crippen LogP contribution in [0.4, 0.5) is 0 Å². The number of nitrogens with one attached hydrogen (secondary N) is 1. The van der Waals surface area contributed by atoms with Crippen LogP contribution in [0.1, 0.15) is 16.1 Å². The summed E-state index contributed by atoms with van der Waals surface area (Å²) in [6.07, 6.45) is 4.03. The van der Waals surface area contributed by atoms with E-state index in [4.69, 9.17) is 16.9 Å². The lowest BCUT2D eigenvalue weighted by Crippen LogP contribution is -1.77. The first kappa shape index (κ1) is 13.6. The van der Waals surface area contributed by atoms with Crippen LogP contribution in [-0.2, 0) is 0 Å². The van der Waals surface area contributed by atoms with Crippen LogP contribution in [0.2, 0.25) is 5.02 Å². The fourth-order valence-electron chi connectivity index (χ4n) is 1.80. The third kappa shape index (κ3) is 3.02. The van der Waals surface area contributed by atoms with Gasteiger partial charge in [0.25, 0.3) is 0 Å². The second-order valence-electron chi connectivity index (χ2n) is 4.22. The van der Waals surface area contributed by atoms with Gasteiger partial charge in [0.05, 0.1) is 4.88 Å². The molecule has 0 bridgehead atoms. The van der Waals surface area contributed by atoms with E-state index < -0.39 is 0 Å². The first-order chi connectivity index (χ1) is 10.3. The van der Waals surface area contributed by atoms with E-state index in [9.17, 15) is 0 Å². The molecule has 2 heterocycles. The van der Waals surface area contributed by atoms with Crippen LogP contribution < -0.4 is 0 Å². The summed E-state index contributed by atoms with van der Waals surface area (Å²) in [6, 6.07) is 13.6. The summed E-state index contributed by atoms with van der Waals surface area (Å²) in [7, 11) is 0. The van der Waals surface area contributed by atoms with Gasteiger partial charge < -0.3 is 0 Å². The van der Waals surface area contributed by atoms with Gasteiger partial charge >= 0.3 is 0 Å². The van der Waals surface area contributed by atoms with Crippen molar-refractivity contribution in [3.8, 4) is 16.6 Å². The number of aromatic amines is 1. The second kappa shape index (κ2) is 5.92. The maximum Gasteiger partial charge on any atom is 0.191 e. The normalized spacial score (nSPS) is 10.9. The summed E-state index contributed by atoms with van der Waals surface area (Å²) in [5, 5.41) is 20.0. The molecule has 3 rings (SSSR count). The molecular formula is C15H9ClN4S. The van der Waals surface area contributed by atoms with E-state index in [1.165, 1.54) is 0 Å². The minimum Gasteiger partial charge on any atom is -0.196 e. The average Bonchev–Trinajstić information content (AvgIpc) is 3.15. The maximum absolute atomic E-state index is 8.96. The number of thiophene rings is 1. The van der Waals surface area contributed by atoms with E-state index >= 15 is 0 Å². The third-order valence-corrected chi connectivity index (χ3v) is 4.13. The van der Waals surface area contributed by atoms with Crippen molar-refractivity contribution in [1.29, 1.82) is 5.26 Å². The van der Waals surface area contributed by atoms with Crippen molar-refractivity contribution in [3.63, 3.8) is 0 Å². The van der Waals surface area contributed by atoms with Gasteiger partial charge in [-0.3, -0.25) is 0 Å². The van der Waals surface area contributed by atoms with Crippen LogP contribution >= 0.6 is 22.9 Å². The van der Waals surface area contributed by atoms with Gasteiger partial charge in [0, 0.05) is 9.90 Å². The lowest BCUT2D eigenvalue weighted by atomic mass is 10.2. The third-order valence-electron chi connectivity index (χ3n) is 2.82. The number of nitriles is 1. The molecule has 21 heavy (non-hydrogen) atoms. The van der Waals surface area contributed by atoms with E-state index in [1.807, 2.05) is 54.6 Å². The summed E-state index contributed by atoms with van der Waals surface area (Å²) in [6.45, 7) is 0. The number of H-pyrrole nitrogens is 1. The molecule has 2 aromatic heterocycles. The van der Waals surface area contributed by atoms with Gasteiger partial charge in [-0.1, -0.05) is 29.8 Å². The highest BCUT2D eigenvalue weighted by Gasteiger charge is 2.11. The van der Waals surface area contributed by atoms with E-state index in [2.05, 4.69) is 15.4 Å². The Bertz CT molecular complexity index is 824. The van der Waals surface area contributed by atoms with Gasteiger partial charge in [-0.05, 0) is 35.9 Å². The van der Waals surface area contributed by atoms with Crippen molar-refractivity contribution in [3.05, 3.63) is 57.6 Å². The molecule has 0 spiro atoms.